The molecule has 0 aliphatic carbocycles. The molecule has 0 saturated heterocycles. The van der Waals surface area contributed by atoms with Crippen LogP contribution in [0.3, 0.4) is 0 Å². The van der Waals surface area contributed by atoms with Gasteiger partial charge in [0, 0.05) is 11.5 Å². The molecule has 1 aromatic rings. The van der Waals surface area contributed by atoms with Crippen LogP contribution in [0.4, 0.5) is 4.39 Å². The minimum absolute atomic E-state index is 0.0762. The summed E-state index contributed by atoms with van der Waals surface area (Å²) in [5.74, 6) is -1.74. The maximum atomic E-state index is 13.3. The van der Waals surface area contributed by atoms with E-state index in [1.54, 1.807) is 20.8 Å². The van der Waals surface area contributed by atoms with E-state index < -0.39 is 28.0 Å². The van der Waals surface area contributed by atoms with Gasteiger partial charge in [0.05, 0.1) is 10.5 Å². The van der Waals surface area contributed by atoms with E-state index >= 15 is 0 Å². The van der Waals surface area contributed by atoms with Gasteiger partial charge in [-0.3, -0.25) is 4.79 Å². The zero-order valence-corrected chi connectivity index (χ0v) is 10.6. The number of rotatable bonds is 2. The van der Waals surface area contributed by atoms with Crippen LogP contribution in [-0.4, -0.2) is 15.1 Å². The Hall–Kier alpha value is -1.27. The second-order valence-corrected chi connectivity index (χ2v) is 5.71. The van der Waals surface area contributed by atoms with Crippen LogP contribution in [0.25, 0.3) is 0 Å². The minimum Gasteiger partial charge on any atom is -0.507 e. The SMILES string of the molecule is CC(C)(C)C(=O)c1cc(S(N)=O)c(F)cc1O. The molecule has 0 aliphatic rings. The monoisotopic (exact) mass is 259 g/mol. The van der Waals surface area contributed by atoms with Crippen molar-refractivity contribution in [3.8, 4) is 5.75 Å². The zero-order chi connectivity index (χ0) is 13.4. The third-order valence-electron chi connectivity index (χ3n) is 2.19. The molecule has 1 atom stereocenters. The summed E-state index contributed by atoms with van der Waals surface area (Å²) >= 11 is 0. The summed E-state index contributed by atoms with van der Waals surface area (Å²) in [4.78, 5) is 11.7. The molecule has 0 fully saturated rings. The van der Waals surface area contributed by atoms with Crippen molar-refractivity contribution in [3.63, 3.8) is 0 Å². The van der Waals surface area contributed by atoms with Gasteiger partial charge in [-0.1, -0.05) is 20.8 Å². The maximum absolute atomic E-state index is 13.3. The first-order valence-corrected chi connectivity index (χ1v) is 6.09. The number of phenolic OH excluding ortho intramolecular Hbond substituents is 1. The van der Waals surface area contributed by atoms with Gasteiger partial charge < -0.3 is 5.11 Å². The fourth-order valence-corrected chi connectivity index (χ4v) is 1.77. The van der Waals surface area contributed by atoms with Gasteiger partial charge >= 0.3 is 0 Å². The van der Waals surface area contributed by atoms with Crippen molar-refractivity contribution in [1.82, 2.24) is 0 Å². The van der Waals surface area contributed by atoms with Gasteiger partial charge in [0.25, 0.3) is 0 Å². The van der Waals surface area contributed by atoms with Gasteiger partial charge in [-0.15, -0.1) is 0 Å². The Morgan fingerprint density at radius 3 is 2.35 bits per heavy atom. The predicted octanol–water partition coefficient (Wildman–Crippen LogP) is 1.74. The number of benzene rings is 1. The van der Waals surface area contributed by atoms with Crippen molar-refractivity contribution in [2.24, 2.45) is 10.6 Å². The zero-order valence-electron chi connectivity index (χ0n) is 9.78. The smallest absolute Gasteiger partial charge is 0.171 e. The number of aromatic hydroxyl groups is 1. The van der Waals surface area contributed by atoms with Crippen molar-refractivity contribution >= 4 is 16.8 Å². The fraction of sp³-hybridized carbons (Fsp3) is 0.364. The number of carbonyl (C=O) groups is 1. The molecular formula is C11H14FNO3S. The van der Waals surface area contributed by atoms with Crippen LogP contribution in [0.5, 0.6) is 5.75 Å². The molecule has 0 radical (unpaired) electrons. The van der Waals surface area contributed by atoms with Crippen LogP contribution in [0.2, 0.25) is 0 Å². The molecule has 17 heavy (non-hydrogen) atoms. The Morgan fingerprint density at radius 2 is 1.94 bits per heavy atom. The number of ketones is 1. The lowest BCUT2D eigenvalue weighted by atomic mass is 9.86. The molecular weight excluding hydrogens is 245 g/mol. The maximum Gasteiger partial charge on any atom is 0.171 e. The van der Waals surface area contributed by atoms with Crippen molar-refractivity contribution in [1.29, 1.82) is 0 Å². The average Bonchev–Trinajstić information content (AvgIpc) is 2.14. The van der Waals surface area contributed by atoms with E-state index in [-0.39, 0.29) is 16.2 Å². The topological polar surface area (TPSA) is 80.4 Å². The molecule has 0 saturated carbocycles. The second kappa shape index (κ2) is 4.54. The summed E-state index contributed by atoms with van der Waals surface area (Å²) in [5, 5.41) is 14.6. The van der Waals surface area contributed by atoms with E-state index in [4.69, 9.17) is 5.14 Å². The molecule has 6 heteroatoms. The standard InChI is InChI=1S/C11H14FNO3S/c1-11(2,3)10(15)6-4-9(17(13)16)7(12)5-8(6)14/h4-5,14H,13H2,1-3H3. The van der Waals surface area contributed by atoms with Crippen LogP contribution in [-0.2, 0) is 11.0 Å². The highest BCUT2D eigenvalue weighted by molar-refractivity contribution is 7.82. The molecule has 1 unspecified atom stereocenters. The van der Waals surface area contributed by atoms with E-state index in [0.717, 1.165) is 12.1 Å². The van der Waals surface area contributed by atoms with Crippen LogP contribution in [0, 0.1) is 11.2 Å². The lowest BCUT2D eigenvalue weighted by molar-refractivity contribution is 0.0855. The highest BCUT2D eigenvalue weighted by Crippen LogP contribution is 2.29. The van der Waals surface area contributed by atoms with Crippen molar-refractivity contribution in [2.75, 3.05) is 0 Å². The van der Waals surface area contributed by atoms with E-state index in [0.29, 0.717) is 0 Å². The number of halogens is 1. The summed E-state index contributed by atoms with van der Waals surface area (Å²) in [6.45, 7) is 4.99. The van der Waals surface area contributed by atoms with E-state index in [9.17, 15) is 18.5 Å². The fourth-order valence-electron chi connectivity index (χ4n) is 1.28. The first kappa shape index (κ1) is 13.8. The Morgan fingerprint density at radius 1 is 1.41 bits per heavy atom. The first-order valence-electron chi connectivity index (χ1n) is 4.88. The molecule has 0 aromatic heterocycles. The molecule has 0 aliphatic heterocycles. The molecule has 0 bridgehead atoms. The Labute approximate surface area is 101 Å². The highest BCUT2D eigenvalue weighted by Gasteiger charge is 2.27. The number of hydrogen-bond acceptors (Lipinski definition) is 3. The molecule has 0 heterocycles. The highest BCUT2D eigenvalue weighted by atomic mass is 32.2. The Balaban J connectivity index is 3.40. The normalized spacial score (nSPS) is 13.5. The summed E-state index contributed by atoms with van der Waals surface area (Å²) in [5.41, 5.74) is -0.810. The number of Topliss-reactive ketones (excluding diaryl/α,β-unsaturated/α-hetero) is 1. The number of carbonyl (C=O) groups excluding carboxylic acids is 1. The number of hydrogen-bond donors (Lipinski definition) is 2. The van der Waals surface area contributed by atoms with E-state index in [1.807, 2.05) is 0 Å². The van der Waals surface area contributed by atoms with Crippen LogP contribution >= 0.6 is 0 Å². The van der Waals surface area contributed by atoms with Gasteiger partial charge in [0.15, 0.2) is 5.78 Å². The third-order valence-corrected chi connectivity index (χ3v) is 2.94. The first-order chi connectivity index (χ1) is 7.64. The second-order valence-electron chi connectivity index (χ2n) is 4.68. The molecule has 3 N–H and O–H groups in total. The molecule has 1 rings (SSSR count). The van der Waals surface area contributed by atoms with Crippen molar-refractivity contribution in [3.05, 3.63) is 23.5 Å². The lowest BCUT2D eigenvalue weighted by Crippen LogP contribution is -2.21. The van der Waals surface area contributed by atoms with E-state index in [2.05, 4.69) is 0 Å². The molecule has 94 valence electrons. The molecule has 0 amide bonds. The summed E-state index contributed by atoms with van der Waals surface area (Å²) < 4.78 is 24.4. The third kappa shape index (κ3) is 2.89. The Kier molecular flexibility index (Phi) is 3.68. The van der Waals surface area contributed by atoms with E-state index in [1.165, 1.54) is 0 Å². The van der Waals surface area contributed by atoms with Gasteiger partial charge in [-0.05, 0) is 6.07 Å². The van der Waals surface area contributed by atoms with Crippen molar-refractivity contribution < 1.29 is 18.5 Å². The minimum atomic E-state index is -2.04. The largest absolute Gasteiger partial charge is 0.507 e. The molecule has 4 nitrogen and oxygen atoms in total. The molecule has 0 spiro atoms. The number of nitrogens with two attached hydrogens (primary N) is 1. The van der Waals surface area contributed by atoms with Gasteiger partial charge in [0.2, 0.25) is 0 Å². The van der Waals surface area contributed by atoms with Crippen LogP contribution < -0.4 is 5.14 Å². The predicted molar refractivity (Wildman–Crippen MR) is 62.4 cm³/mol. The Bertz CT molecular complexity index is 494. The van der Waals surface area contributed by atoms with Crippen LogP contribution in [0.15, 0.2) is 17.0 Å². The summed E-state index contributed by atoms with van der Waals surface area (Å²) in [6, 6.07) is 1.79. The number of phenols is 1. The quantitative estimate of drug-likeness (QED) is 0.794. The summed E-state index contributed by atoms with van der Waals surface area (Å²) in [7, 11) is -2.04. The average molecular weight is 259 g/mol. The summed E-state index contributed by atoms with van der Waals surface area (Å²) in [6.07, 6.45) is 0. The lowest BCUT2D eigenvalue weighted by Gasteiger charge is -2.17. The molecule has 1 aromatic carbocycles. The van der Waals surface area contributed by atoms with Gasteiger partial charge in [-0.2, -0.15) is 0 Å². The van der Waals surface area contributed by atoms with Gasteiger partial charge in [-0.25, -0.2) is 13.7 Å². The van der Waals surface area contributed by atoms with Gasteiger partial charge in [0.1, 0.15) is 22.6 Å². The van der Waals surface area contributed by atoms with Crippen LogP contribution in [0.1, 0.15) is 31.1 Å². The van der Waals surface area contributed by atoms with Crippen molar-refractivity contribution in [2.45, 2.75) is 25.7 Å².